The van der Waals surface area contributed by atoms with Gasteiger partial charge in [0.05, 0.1) is 4.92 Å². The molecule has 1 heterocycles. The van der Waals surface area contributed by atoms with Gasteiger partial charge < -0.3 is 15.0 Å². The van der Waals surface area contributed by atoms with Gasteiger partial charge in [0.15, 0.2) is 6.61 Å². The molecule has 9 nitrogen and oxygen atoms in total. The molecule has 0 radical (unpaired) electrons. The maximum absolute atomic E-state index is 12.1. The van der Waals surface area contributed by atoms with Gasteiger partial charge in [0.2, 0.25) is 0 Å². The van der Waals surface area contributed by atoms with Crippen molar-refractivity contribution in [2.75, 3.05) is 19.7 Å². The second-order valence-electron chi connectivity index (χ2n) is 6.08. The third kappa shape index (κ3) is 5.27. The molecule has 0 unspecified atom stereocenters. The molecule has 0 aliphatic carbocycles. The number of likely N-dealkylation sites (tertiary alicyclic amines) is 1. The summed E-state index contributed by atoms with van der Waals surface area (Å²) in [5.41, 5.74) is -0.160. The van der Waals surface area contributed by atoms with Crippen LogP contribution < -0.4 is 5.32 Å². The fourth-order valence-electron chi connectivity index (χ4n) is 2.76. The van der Waals surface area contributed by atoms with Crippen LogP contribution in [0.5, 0.6) is 0 Å². The van der Waals surface area contributed by atoms with E-state index in [1.54, 1.807) is 4.90 Å². The van der Waals surface area contributed by atoms with Crippen molar-refractivity contribution in [1.29, 1.82) is 0 Å². The first-order valence-electron chi connectivity index (χ1n) is 8.36. The van der Waals surface area contributed by atoms with E-state index in [1.807, 2.05) is 6.92 Å². The highest BCUT2D eigenvalue weighted by Crippen LogP contribution is 2.16. The van der Waals surface area contributed by atoms with Crippen molar-refractivity contribution < 1.29 is 24.0 Å². The van der Waals surface area contributed by atoms with Crippen molar-refractivity contribution in [2.24, 2.45) is 0 Å². The summed E-state index contributed by atoms with van der Waals surface area (Å²) < 4.78 is 4.90. The van der Waals surface area contributed by atoms with Gasteiger partial charge in [0.25, 0.3) is 17.5 Å². The van der Waals surface area contributed by atoms with Crippen LogP contribution in [0.25, 0.3) is 0 Å². The SMILES string of the molecule is C[C@H]1CCCCN1C(=O)COC(=O)CNC(=O)c1cccc([N+](=O)[O-])c1. The fraction of sp³-hybridized carbons (Fsp3) is 0.471. The number of amides is 2. The largest absolute Gasteiger partial charge is 0.454 e. The van der Waals surface area contributed by atoms with Crippen LogP contribution in [0.2, 0.25) is 0 Å². The van der Waals surface area contributed by atoms with Gasteiger partial charge in [-0.05, 0) is 32.3 Å². The average Bonchev–Trinajstić information content (AvgIpc) is 2.64. The van der Waals surface area contributed by atoms with E-state index >= 15 is 0 Å². The van der Waals surface area contributed by atoms with E-state index in [0.717, 1.165) is 25.3 Å². The molecule has 0 spiro atoms. The topological polar surface area (TPSA) is 119 Å². The summed E-state index contributed by atoms with van der Waals surface area (Å²) in [6.45, 7) is 1.82. The molecule has 9 heteroatoms. The van der Waals surface area contributed by atoms with Gasteiger partial charge in [-0.1, -0.05) is 6.07 Å². The van der Waals surface area contributed by atoms with Crippen molar-refractivity contribution in [3.8, 4) is 0 Å². The number of ether oxygens (including phenoxy) is 1. The van der Waals surface area contributed by atoms with Crippen LogP contribution in [0.15, 0.2) is 24.3 Å². The first kappa shape index (κ1) is 19.4. The minimum atomic E-state index is -0.748. The van der Waals surface area contributed by atoms with Gasteiger partial charge in [-0.2, -0.15) is 0 Å². The molecule has 1 aromatic carbocycles. The number of piperidine rings is 1. The normalized spacial score (nSPS) is 16.7. The summed E-state index contributed by atoms with van der Waals surface area (Å²) in [6, 6.07) is 5.28. The number of carbonyl (C=O) groups is 3. The maximum Gasteiger partial charge on any atom is 0.325 e. The minimum absolute atomic E-state index is 0.0604. The summed E-state index contributed by atoms with van der Waals surface area (Å²) in [5, 5.41) is 13.0. The number of carbonyl (C=O) groups excluding carboxylic acids is 3. The standard InChI is InChI=1S/C17H21N3O6/c1-12-5-2-3-8-19(12)15(21)11-26-16(22)10-18-17(23)13-6-4-7-14(9-13)20(24)25/h4,6-7,9,12H,2-3,5,8,10-11H2,1H3,(H,18,23)/t12-/m0/s1. The van der Waals surface area contributed by atoms with Crippen molar-refractivity contribution in [3.05, 3.63) is 39.9 Å². The molecule has 0 aromatic heterocycles. The first-order valence-corrected chi connectivity index (χ1v) is 8.36. The van der Waals surface area contributed by atoms with Crippen LogP contribution in [0.3, 0.4) is 0 Å². The summed E-state index contributed by atoms with van der Waals surface area (Å²) in [6.07, 6.45) is 2.94. The van der Waals surface area contributed by atoms with E-state index in [0.29, 0.717) is 6.54 Å². The number of hydrogen-bond acceptors (Lipinski definition) is 6. The molecular formula is C17H21N3O6. The highest BCUT2D eigenvalue weighted by Gasteiger charge is 2.24. The van der Waals surface area contributed by atoms with Crippen LogP contribution in [0.4, 0.5) is 5.69 Å². The number of hydrogen-bond donors (Lipinski definition) is 1. The Morgan fingerprint density at radius 2 is 2.12 bits per heavy atom. The Morgan fingerprint density at radius 3 is 2.81 bits per heavy atom. The van der Waals surface area contributed by atoms with Crippen LogP contribution in [0, 0.1) is 10.1 Å². The molecule has 0 saturated carbocycles. The lowest BCUT2D eigenvalue weighted by atomic mass is 10.0. The third-order valence-electron chi connectivity index (χ3n) is 4.19. The molecular weight excluding hydrogens is 342 g/mol. The van der Waals surface area contributed by atoms with Crippen LogP contribution in [0.1, 0.15) is 36.5 Å². The molecule has 26 heavy (non-hydrogen) atoms. The third-order valence-corrected chi connectivity index (χ3v) is 4.19. The Kier molecular flexibility index (Phi) is 6.65. The number of nitro groups is 1. The van der Waals surface area contributed by atoms with Gasteiger partial charge >= 0.3 is 5.97 Å². The molecule has 140 valence electrons. The zero-order valence-electron chi connectivity index (χ0n) is 14.5. The smallest absolute Gasteiger partial charge is 0.325 e. The highest BCUT2D eigenvalue weighted by atomic mass is 16.6. The lowest BCUT2D eigenvalue weighted by Crippen LogP contribution is -2.44. The zero-order chi connectivity index (χ0) is 19.1. The molecule has 1 aliphatic rings. The number of esters is 1. The van der Waals surface area contributed by atoms with E-state index in [1.165, 1.54) is 18.2 Å². The van der Waals surface area contributed by atoms with E-state index in [4.69, 9.17) is 4.74 Å². The maximum atomic E-state index is 12.1. The van der Waals surface area contributed by atoms with Crippen molar-refractivity contribution >= 4 is 23.5 Å². The number of nitrogens with one attached hydrogen (secondary N) is 1. The molecule has 1 atom stereocenters. The van der Waals surface area contributed by atoms with Gasteiger partial charge in [0, 0.05) is 30.3 Å². The van der Waals surface area contributed by atoms with Crippen LogP contribution >= 0.6 is 0 Å². The van der Waals surface area contributed by atoms with E-state index in [9.17, 15) is 24.5 Å². The predicted octanol–water partition coefficient (Wildman–Crippen LogP) is 1.27. The monoisotopic (exact) mass is 363 g/mol. The Balaban J connectivity index is 1.77. The Bertz CT molecular complexity index is 705. The van der Waals surface area contributed by atoms with Gasteiger partial charge in [0.1, 0.15) is 6.54 Å². The molecule has 1 aliphatic heterocycles. The summed E-state index contributed by atoms with van der Waals surface area (Å²) in [4.78, 5) is 47.5. The fourth-order valence-corrected chi connectivity index (χ4v) is 2.76. The molecule has 1 N–H and O–H groups in total. The van der Waals surface area contributed by atoms with Crippen molar-refractivity contribution in [3.63, 3.8) is 0 Å². The lowest BCUT2D eigenvalue weighted by molar-refractivity contribution is -0.384. The number of nitrogens with zero attached hydrogens (tertiary/aromatic N) is 2. The Hall–Kier alpha value is -2.97. The Labute approximate surface area is 150 Å². The van der Waals surface area contributed by atoms with E-state index < -0.39 is 23.3 Å². The van der Waals surface area contributed by atoms with Gasteiger partial charge in [-0.25, -0.2) is 0 Å². The number of nitro benzene ring substituents is 1. The second-order valence-corrected chi connectivity index (χ2v) is 6.08. The number of non-ortho nitro benzene ring substituents is 1. The van der Waals surface area contributed by atoms with Gasteiger partial charge in [-0.15, -0.1) is 0 Å². The zero-order valence-corrected chi connectivity index (χ0v) is 14.5. The quantitative estimate of drug-likeness (QED) is 0.462. The number of rotatable bonds is 6. The molecule has 1 aromatic rings. The predicted molar refractivity (Wildman–Crippen MR) is 91.4 cm³/mol. The van der Waals surface area contributed by atoms with Crippen LogP contribution in [-0.2, 0) is 14.3 Å². The lowest BCUT2D eigenvalue weighted by Gasteiger charge is -2.33. The van der Waals surface area contributed by atoms with Crippen LogP contribution in [-0.4, -0.2) is 53.3 Å². The molecule has 2 amide bonds. The average molecular weight is 363 g/mol. The Morgan fingerprint density at radius 1 is 1.35 bits per heavy atom. The van der Waals surface area contributed by atoms with Crippen molar-refractivity contribution in [1.82, 2.24) is 10.2 Å². The van der Waals surface area contributed by atoms with Crippen molar-refractivity contribution in [2.45, 2.75) is 32.2 Å². The summed E-state index contributed by atoms with van der Waals surface area (Å²) >= 11 is 0. The first-order chi connectivity index (χ1) is 12.4. The summed E-state index contributed by atoms with van der Waals surface area (Å²) in [7, 11) is 0. The van der Waals surface area contributed by atoms with Gasteiger partial charge in [-0.3, -0.25) is 24.5 Å². The molecule has 1 saturated heterocycles. The number of benzene rings is 1. The molecule has 2 rings (SSSR count). The molecule has 0 bridgehead atoms. The van der Waals surface area contributed by atoms with E-state index in [2.05, 4.69) is 5.32 Å². The highest BCUT2D eigenvalue weighted by molar-refractivity contribution is 5.96. The summed E-state index contributed by atoms with van der Waals surface area (Å²) in [5.74, 6) is -1.64. The minimum Gasteiger partial charge on any atom is -0.454 e. The van der Waals surface area contributed by atoms with E-state index in [-0.39, 0.29) is 29.8 Å². The molecule has 1 fully saturated rings. The second kappa shape index (κ2) is 8.93.